The summed E-state index contributed by atoms with van der Waals surface area (Å²) < 4.78 is 0. The summed E-state index contributed by atoms with van der Waals surface area (Å²) in [7, 11) is 0. The minimum absolute atomic E-state index is 0. The number of fused-ring (bicyclic) bond motifs is 1. The van der Waals surface area contributed by atoms with Crippen LogP contribution in [0.1, 0.15) is 154 Å². The molecule has 3 aliphatic carbocycles. The van der Waals surface area contributed by atoms with E-state index in [0.29, 0.717) is 17.3 Å². The summed E-state index contributed by atoms with van der Waals surface area (Å²) in [6.07, 6.45) is 12.7. The van der Waals surface area contributed by atoms with Crippen LogP contribution in [-0.2, 0) is 0 Å². The zero-order valence-corrected chi connectivity index (χ0v) is 38.2. The lowest BCUT2D eigenvalue weighted by atomic mass is 9.55. The van der Waals surface area contributed by atoms with Gasteiger partial charge in [-0.25, -0.2) is 0 Å². The van der Waals surface area contributed by atoms with Gasteiger partial charge in [-0.15, -0.1) is 6.42 Å². The maximum atomic E-state index is 13.4. The van der Waals surface area contributed by atoms with Crippen molar-refractivity contribution in [2.24, 2.45) is 11.3 Å². The highest BCUT2D eigenvalue weighted by atomic mass is 16.1. The molecule has 330 valence electrons. The molecule has 3 aromatic rings. The first-order chi connectivity index (χ1) is 28.2. The van der Waals surface area contributed by atoms with E-state index in [4.69, 9.17) is 6.42 Å². The Labute approximate surface area is 377 Å². The van der Waals surface area contributed by atoms with Gasteiger partial charge in [0.2, 0.25) is 5.78 Å². The van der Waals surface area contributed by atoms with Crippen molar-refractivity contribution in [1.82, 2.24) is 0 Å². The number of Topliss-reactive ketones (excluding diaryl/α,β-unsaturated/α-hetero) is 3. The fraction of sp³-hybridized carbons (Fsp3) is 0.339. The number of hydrogen-bond donors (Lipinski definition) is 0. The molecule has 6 rings (SSSR count). The Hall–Kier alpha value is -5.85. The van der Waals surface area contributed by atoms with Crippen LogP contribution in [0.3, 0.4) is 0 Å². The van der Waals surface area contributed by atoms with Crippen molar-refractivity contribution >= 4 is 17.3 Å². The maximum absolute atomic E-state index is 13.4. The molecular weight excluding hydrogens is 757 g/mol. The van der Waals surface area contributed by atoms with Crippen LogP contribution in [0.25, 0.3) is 0 Å². The zero-order valence-electron chi connectivity index (χ0n) is 38.2. The maximum Gasteiger partial charge on any atom is 0.235 e. The van der Waals surface area contributed by atoms with E-state index in [1.807, 2.05) is 100 Å². The van der Waals surface area contributed by atoms with Crippen molar-refractivity contribution in [2.75, 3.05) is 0 Å². The van der Waals surface area contributed by atoms with Crippen LogP contribution in [-0.4, -0.2) is 17.3 Å². The van der Waals surface area contributed by atoms with Crippen LogP contribution in [0.2, 0.25) is 0 Å². The molecule has 0 spiro atoms. The standard InChI is InChI=1S/C21H26O.C15H16O.C9H6O.2C6H10.2CH4/c1-14-10-19-11-15(2)17(4)13-21(19,12-16(14)3)20(22)18-8-6-5-7-9-18;1-11-8-9-14(10-12(11)2)15(16)13-6-4-3-5-7-13;1-2-9(10)8-6-4-3-5-7-8;2*1-5(2)6(3)4;;/h5-9,19H,10-13H2,1-4H3;3-7,9H,8,10H2,1-2H3;1,3-7H;2*1,3H2,2,4H3;2*1H4. The van der Waals surface area contributed by atoms with Gasteiger partial charge in [0.05, 0.1) is 0 Å². The third-order valence-corrected chi connectivity index (χ3v) is 11.8. The number of carbonyl (C=O) groups excluding carboxylic acids is 3. The number of benzene rings is 3. The zero-order chi connectivity index (χ0) is 45.2. The Morgan fingerprint density at radius 1 is 0.548 bits per heavy atom. The first kappa shape index (κ1) is 56.2. The monoisotopic (exact) mass is 833 g/mol. The first-order valence-electron chi connectivity index (χ1n) is 20.8. The molecule has 62 heavy (non-hydrogen) atoms. The number of ketones is 3. The van der Waals surface area contributed by atoms with Crippen LogP contribution in [0.5, 0.6) is 0 Å². The van der Waals surface area contributed by atoms with Gasteiger partial charge in [0.15, 0.2) is 11.6 Å². The number of terminal acetylenes is 1. The molecular formula is C59H76O3. The van der Waals surface area contributed by atoms with Gasteiger partial charge in [0.25, 0.3) is 0 Å². The summed E-state index contributed by atoms with van der Waals surface area (Å²) in [6, 6.07) is 28.2. The Morgan fingerprint density at radius 2 is 0.919 bits per heavy atom. The second-order valence-electron chi connectivity index (χ2n) is 16.8. The second-order valence-corrected chi connectivity index (χ2v) is 16.8. The Morgan fingerprint density at radius 3 is 1.27 bits per heavy atom. The molecule has 3 aliphatic rings. The Balaban J connectivity index is 0.000000818. The van der Waals surface area contributed by atoms with E-state index < -0.39 is 0 Å². The summed E-state index contributed by atoms with van der Waals surface area (Å²) in [5.74, 6) is 2.78. The lowest BCUT2D eigenvalue weighted by molar-refractivity contribution is 0.0605. The summed E-state index contributed by atoms with van der Waals surface area (Å²) >= 11 is 0. The number of carbonyl (C=O) groups is 3. The fourth-order valence-corrected chi connectivity index (χ4v) is 6.95. The Kier molecular flexibility index (Phi) is 24.6. The topological polar surface area (TPSA) is 51.2 Å². The van der Waals surface area contributed by atoms with Crippen molar-refractivity contribution in [3.05, 3.63) is 201 Å². The quantitative estimate of drug-likeness (QED) is 0.0783. The normalized spacial score (nSPS) is 17.1. The van der Waals surface area contributed by atoms with Gasteiger partial charge in [-0.05, 0) is 120 Å². The number of allylic oxidation sites excluding steroid dienone is 12. The van der Waals surface area contributed by atoms with E-state index in [2.05, 4.69) is 73.9 Å². The van der Waals surface area contributed by atoms with Crippen LogP contribution >= 0.6 is 0 Å². The van der Waals surface area contributed by atoms with Crippen molar-refractivity contribution in [1.29, 1.82) is 0 Å². The fourth-order valence-electron chi connectivity index (χ4n) is 6.95. The predicted octanol–water partition coefficient (Wildman–Crippen LogP) is 16.7. The van der Waals surface area contributed by atoms with E-state index in [-0.39, 0.29) is 31.8 Å². The largest absolute Gasteiger partial charge is 0.294 e. The molecule has 0 bridgehead atoms. The van der Waals surface area contributed by atoms with Crippen molar-refractivity contribution in [3.63, 3.8) is 0 Å². The van der Waals surface area contributed by atoms with Gasteiger partial charge in [0.1, 0.15) is 0 Å². The van der Waals surface area contributed by atoms with Crippen LogP contribution in [0, 0.1) is 23.7 Å². The molecule has 0 unspecified atom stereocenters. The van der Waals surface area contributed by atoms with Gasteiger partial charge >= 0.3 is 0 Å². The minimum atomic E-state index is -0.263. The van der Waals surface area contributed by atoms with Crippen LogP contribution in [0.4, 0.5) is 0 Å². The van der Waals surface area contributed by atoms with E-state index >= 15 is 0 Å². The lowest BCUT2D eigenvalue weighted by Crippen LogP contribution is -2.44. The molecule has 3 nitrogen and oxygen atoms in total. The average molecular weight is 833 g/mol. The molecule has 0 saturated heterocycles. The molecule has 0 saturated carbocycles. The summed E-state index contributed by atoms with van der Waals surface area (Å²) in [5.41, 5.74) is 15.8. The first-order valence-corrected chi connectivity index (χ1v) is 20.8. The smallest absolute Gasteiger partial charge is 0.235 e. The molecule has 3 heteroatoms. The SMILES string of the molecule is C.C.C#CC(=O)c1ccccc1.C=C(C)C(=C)C.C=C(C)C(=C)C.CC1=C(C)CC(C(=O)c2ccccc2)=CC1.CC1=C(C)CC2(C(=O)c3ccccc3)CC(C)=C(C)CC2C1. The van der Waals surface area contributed by atoms with Crippen LogP contribution in [0.15, 0.2) is 185 Å². The Bertz CT molecular complexity index is 2130. The molecule has 0 aromatic heterocycles. The van der Waals surface area contributed by atoms with Gasteiger partial charge in [-0.2, -0.15) is 0 Å². The third-order valence-electron chi connectivity index (χ3n) is 11.8. The van der Waals surface area contributed by atoms with E-state index in [1.165, 1.54) is 33.4 Å². The third kappa shape index (κ3) is 16.9. The van der Waals surface area contributed by atoms with Crippen molar-refractivity contribution in [2.45, 2.75) is 123 Å². The molecule has 0 N–H and O–H groups in total. The van der Waals surface area contributed by atoms with Gasteiger partial charge in [-0.1, -0.05) is 194 Å². The lowest BCUT2D eigenvalue weighted by Gasteiger charge is -2.47. The molecule has 0 aliphatic heterocycles. The number of hydrogen-bond acceptors (Lipinski definition) is 3. The summed E-state index contributed by atoms with van der Waals surface area (Å²) in [4.78, 5) is 36.4. The molecule has 0 heterocycles. The average Bonchev–Trinajstić information content (AvgIpc) is 3.24. The molecule has 0 radical (unpaired) electrons. The van der Waals surface area contributed by atoms with Gasteiger partial charge in [-0.3, -0.25) is 14.4 Å². The minimum Gasteiger partial charge on any atom is -0.294 e. The highest BCUT2D eigenvalue weighted by molar-refractivity contribution is 6.09. The van der Waals surface area contributed by atoms with Crippen molar-refractivity contribution < 1.29 is 14.4 Å². The number of rotatable bonds is 7. The van der Waals surface area contributed by atoms with E-state index in [9.17, 15) is 14.4 Å². The summed E-state index contributed by atoms with van der Waals surface area (Å²) in [5, 5.41) is 0. The molecule has 3 aromatic carbocycles. The van der Waals surface area contributed by atoms with E-state index in [0.717, 1.165) is 77.5 Å². The second kappa shape index (κ2) is 27.2. The van der Waals surface area contributed by atoms with Gasteiger partial charge in [0, 0.05) is 27.7 Å². The molecule has 0 fully saturated rings. The molecule has 0 atom stereocenters. The highest BCUT2D eigenvalue weighted by Gasteiger charge is 2.49. The predicted molar refractivity (Wildman–Crippen MR) is 271 cm³/mol. The van der Waals surface area contributed by atoms with Gasteiger partial charge < -0.3 is 0 Å². The van der Waals surface area contributed by atoms with Crippen molar-refractivity contribution in [3.8, 4) is 12.3 Å². The van der Waals surface area contributed by atoms with E-state index in [1.54, 1.807) is 24.3 Å². The van der Waals surface area contributed by atoms with Crippen LogP contribution < -0.4 is 0 Å². The summed E-state index contributed by atoms with van der Waals surface area (Å²) in [6.45, 7) is 35.6. The highest BCUT2D eigenvalue weighted by Crippen LogP contribution is 2.54. The molecule has 0 amide bonds.